The van der Waals surface area contributed by atoms with Crippen molar-refractivity contribution in [3.8, 4) is 5.75 Å². The van der Waals surface area contributed by atoms with Crippen LogP contribution in [0.1, 0.15) is 31.9 Å². The molecule has 1 rings (SSSR count). The third-order valence-corrected chi connectivity index (χ3v) is 2.96. The van der Waals surface area contributed by atoms with E-state index in [9.17, 15) is 5.11 Å². The van der Waals surface area contributed by atoms with Crippen LogP contribution in [-0.2, 0) is 4.74 Å². The summed E-state index contributed by atoms with van der Waals surface area (Å²) in [6, 6.07) is 5.25. The van der Waals surface area contributed by atoms with Crippen LogP contribution in [-0.4, -0.2) is 24.9 Å². The Balaban J connectivity index is 2.90. The van der Waals surface area contributed by atoms with Crippen LogP contribution in [0.4, 0.5) is 0 Å². The molecule has 0 saturated carbocycles. The Labute approximate surface area is 107 Å². The van der Waals surface area contributed by atoms with Crippen LogP contribution in [0.5, 0.6) is 5.75 Å². The molecule has 0 heterocycles. The number of hydrogen-bond acceptors (Lipinski definition) is 3. The molecule has 3 nitrogen and oxygen atoms in total. The highest BCUT2D eigenvalue weighted by Crippen LogP contribution is 2.30. The largest absolute Gasteiger partial charge is 0.495 e. The van der Waals surface area contributed by atoms with Crippen molar-refractivity contribution in [3.63, 3.8) is 0 Å². The summed E-state index contributed by atoms with van der Waals surface area (Å²) >= 11 is 5.94. The molecule has 4 heteroatoms. The molecule has 17 heavy (non-hydrogen) atoms. The molecule has 0 aromatic heterocycles. The van der Waals surface area contributed by atoms with Gasteiger partial charge in [0.25, 0.3) is 0 Å². The Hall–Kier alpha value is -0.770. The van der Waals surface area contributed by atoms with Gasteiger partial charge in [-0.25, -0.2) is 0 Å². The number of aliphatic hydroxyl groups is 1. The number of methoxy groups -OCH3 is 1. The smallest absolute Gasteiger partial charge is 0.137 e. The highest BCUT2D eigenvalue weighted by Gasteiger charge is 2.20. The first kappa shape index (κ1) is 14.3. The van der Waals surface area contributed by atoms with Crippen molar-refractivity contribution in [1.29, 1.82) is 0 Å². The lowest BCUT2D eigenvalue weighted by atomic mass is 10.0. The van der Waals surface area contributed by atoms with E-state index in [1.54, 1.807) is 25.3 Å². The van der Waals surface area contributed by atoms with Gasteiger partial charge in [-0.05, 0) is 31.0 Å². The third-order valence-electron chi connectivity index (χ3n) is 2.65. The molecule has 0 saturated heterocycles. The quantitative estimate of drug-likeness (QED) is 0.852. The van der Waals surface area contributed by atoms with Crippen LogP contribution < -0.4 is 4.74 Å². The Morgan fingerprint density at radius 1 is 1.35 bits per heavy atom. The highest BCUT2D eigenvalue weighted by molar-refractivity contribution is 6.32. The highest BCUT2D eigenvalue weighted by atomic mass is 35.5. The van der Waals surface area contributed by atoms with Crippen molar-refractivity contribution < 1.29 is 14.6 Å². The van der Waals surface area contributed by atoms with Gasteiger partial charge in [-0.15, -0.1) is 0 Å². The second-order valence-electron chi connectivity index (χ2n) is 3.74. The maximum absolute atomic E-state index is 10.2. The summed E-state index contributed by atoms with van der Waals surface area (Å²) in [5.41, 5.74) is 0.756. The molecular formula is C13H19ClO3. The van der Waals surface area contributed by atoms with Crippen LogP contribution in [0.2, 0.25) is 5.02 Å². The van der Waals surface area contributed by atoms with Crippen molar-refractivity contribution in [3.05, 3.63) is 28.8 Å². The fourth-order valence-corrected chi connectivity index (χ4v) is 1.92. The van der Waals surface area contributed by atoms with E-state index >= 15 is 0 Å². The molecule has 0 fully saturated rings. The summed E-state index contributed by atoms with van der Waals surface area (Å²) in [5.74, 6) is 0.564. The summed E-state index contributed by atoms with van der Waals surface area (Å²) in [4.78, 5) is 0. The lowest BCUT2D eigenvalue weighted by Crippen LogP contribution is -2.21. The zero-order chi connectivity index (χ0) is 12.8. The first-order chi connectivity index (χ1) is 8.13. The minimum absolute atomic E-state index is 0.203. The minimum Gasteiger partial charge on any atom is -0.495 e. The number of aliphatic hydroxyl groups excluding tert-OH is 1. The summed E-state index contributed by atoms with van der Waals surface area (Å²) in [6.45, 7) is 4.48. The molecule has 2 unspecified atom stereocenters. The molecular weight excluding hydrogens is 240 g/mol. The van der Waals surface area contributed by atoms with E-state index in [2.05, 4.69) is 0 Å². The van der Waals surface area contributed by atoms with Crippen LogP contribution in [0.15, 0.2) is 18.2 Å². The van der Waals surface area contributed by atoms with E-state index in [4.69, 9.17) is 21.1 Å². The maximum atomic E-state index is 10.2. The van der Waals surface area contributed by atoms with Crippen LogP contribution in [0, 0.1) is 0 Å². The van der Waals surface area contributed by atoms with Crippen molar-refractivity contribution in [2.24, 2.45) is 0 Å². The van der Waals surface area contributed by atoms with Crippen LogP contribution >= 0.6 is 11.6 Å². The third kappa shape index (κ3) is 3.60. The van der Waals surface area contributed by atoms with E-state index in [1.165, 1.54) is 0 Å². The molecule has 0 aliphatic rings. The number of rotatable bonds is 6. The Morgan fingerprint density at radius 2 is 2.06 bits per heavy atom. The van der Waals surface area contributed by atoms with Crippen molar-refractivity contribution in [1.82, 2.24) is 0 Å². The maximum Gasteiger partial charge on any atom is 0.137 e. The molecule has 1 aromatic carbocycles. The topological polar surface area (TPSA) is 38.7 Å². The van der Waals surface area contributed by atoms with Gasteiger partial charge in [0.1, 0.15) is 11.9 Å². The normalized spacial score (nSPS) is 14.4. The van der Waals surface area contributed by atoms with Gasteiger partial charge in [0.2, 0.25) is 0 Å². The van der Waals surface area contributed by atoms with Crippen LogP contribution in [0.3, 0.4) is 0 Å². The van der Waals surface area contributed by atoms with Gasteiger partial charge in [0, 0.05) is 6.61 Å². The van der Waals surface area contributed by atoms with Crippen molar-refractivity contribution >= 4 is 11.6 Å². The fourth-order valence-electron chi connectivity index (χ4n) is 1.72. The zero-order valence-corrected chi connectivity index (χ0v) is 11.2. The van der Waals surface area contributed by atoms with Gasteiger partial charge in [-0.2, -0.15) is 0 Å². The van der Waals surface area contributed by atoms with Gasteiger partial charge in [-0.3, -0.25) is 0 Å². The predicted octanol–water partition coefficient (Wildman–Crippen LogP) is 3.20. The van der Waals surface area contributed by atoms with Gasteiger partial charge in [0.15, 0.2) is 0 Å². The molecule has 0 spiro atoms. The van der Waals surface area contributed by atoms with E-state index in [0.29, 0.717) is 17.4 Å². The van der Waals surface area contributed by atoms with Crippen molar-refractivity contribution in [2.75, 3.05) is 13.7 Å². The van der Waals surface area contributed by atoms with Gasteiger partial charge in [-0.1, -0.05) is 24.6 Å². The molecule has 0 aliphatic carbocycles. The molecule has 1 N–H and O–H groups in total. The zero-order valence-electron chi connectivity index (χ0n) is 10.4. The van der Waals surface area contributed by atoms with Gasteiger partial charge < -0.3 is 14.6 Å². The molecule has 0 aliphatic heterocycles. The molecule has 0 amide bonds. The predicted molar refractivity (Wildman–Crippen MR) is 68.7 cm³/mol. The molecule has 96 valence electrons. The molecule has 0 radical (unpaired) electrons. The lowest BCUT2D eigenvalue weighted by molar-refractivity contribution is -0.0356. The first-order valence-electron chi connectivity index (χ1n) is 5.77. The number of benzene rings is 1. The Morgan fingerprint density at radius 3 is 2.59 bits per heavy atom. The average molecular weight is 259 g/mol. The summed E-state index contributed by atoms with van der Waals surface area (Å²) in [7, 11) is 1.55. The van der Waals surface area contributed by atoms with Crippen molar-refractivity contribution in [2.45, 2.75) is 32.5 Å². The van der Waals surface area contributed by atoms with Crippen LogP contribution in [0.25, 0.3) is 0 Å². The first-order valence-corrected chi connectivity index (χ1v) is 6.14. The molecule has 1 aromatic rings. The second kappa shape index (κ2) is 6.84. The van der Waals surface area contributed by atoms with E-state index < -0.39 is 6.10 Å². The fraction of sp³-hybridized carbons (Fsp3) is 0.538. The van der Waals surface area contributed by atoms with E-state index in [0.717, 1.165) is 12.0 Å². The summed E-state index contributed by atoms with van der Waals surface area (Å²) in [5, 5.41) is 10.7. The number of halogens is 1. The average Bonchev–Trinajstić information content (AvgIpc) is 2.35. The molecule has 2 atom stereocenters. The Kier molecular flexibility index (Phi) is 5.75. The standard InChI is InChI=1S/C13H19ClO3/c1-4-11(17-5-2)13(15)9-6-7-10(14)12(8-9)16-3/h6-8,11,13,15H,4-5H2,1-3H3. The molecule has 0 bridgehead atoms. The monoisotopic (exact) mass is 258 g/mol. The lowest BCUT2D eigenvalue weighted by Gasteiger charge is -2.22. The SMILES string of the molecule is CCOC(CC)C(O)c1ccc(Cl)c(OC)c1. The van der Waals surface area contributed by atoms with E-state index in [-0.39, 0.29) is 6.10 Å². The Bertz CT molecular complexity index is 355. The summed E-state index contributed by atoms with van der Waals surface area (Å²) < 4.78 is 10.6. The summed E-state index contributed by atoms with van der Waals surface area (Å²) in [6.07, 6.45) is -0.114. The van der Waals surface area contributed by atoms with Gasteiger partial charge in [0.05, 0.1) is 18.2 Å². The number of hydrogen-bond donors (Lipinski definition) is 1. The number of ether oxygens (including phenoxy) is 2. The van der Waals surface area contributed by atoms with Gasteiger partial charge >= 0.3 is 0 Å². The van der Waals surface area contributed by atoms with E-state index in [1.807, 2.05) is 13.8 Å². The second-order valence-corrected chi connectivity index (χ2v) is 4.15. The minimum atomic E-state index is -0.661.